The van der Waals surface area contributed by atoms with Crippen LogP contribution in [0.5, 0.6) is 0 Å². The van der Waals surface area contributed by atoms with Crippen molar-refractivity contribution in [3.05, 3.63) is 47.9 Å². The van der Waals surface area contributed by atoms with E-state index in [2.05, 4.69) is 45.0 Å². The van der Waals surface area contributed by atoms with Crippen molar-refractivity contribution in [3.8, 4) is 0 Å². The second-order valence-electron chi connectivity index (χ2n) is 4.97. The maximum Gasteiger partial charge on any atom is 0.145 e. The van der Waals surface area contributed by atoms with Crippen molar-refractivity contribution in [1.82, 2.24) is 15.0 Å². The minimum atomic E-state index is 0.895. The lowest BCUT2D eigenvalue weighted by Gasteiger charge is -2.19. The largest absolute Gasteiger partial charge is 0.346 e. The zero-order valence-corrected chi connectivity index (χ0v) is 10.7. The number of aromatic amines is 1. The van der Waals surface area contributed by atoms with Crippen LogP contribution in [-0.2, 0) is 6.42 Å². The van der Waals surface area contributed by atoms with Gasteiger partial charge in [-0.3, -0.25) is 0 Å². The predicted octanol–water partition coefficient (Wildman–Crippen LogP) is 2.96. The fraction of sp³-hybridized carbons (Fsp3) is 0.200. The molecule has 0 saturated carbocycles. The van der Waals surface area contributed by atoms with E-state index in [-0.39, 0.29) is 0 Å². The Labute approximate surface area is 111 Å². The van der Waals surface area contributed by atoms with Crippen molar-refractivity contribution in [1.29, 1.82) is 0 Å². The number of nitrogens with one attached hydrogen (secondary N) is 1. The molecule has 0 fully saturated rings. The summed E-state index contributed by atoms with van der Waals surface area (Å²) in [6.07, 6.45) is 4.61. The van der Waals surface area contributed by atoms with E-state index in [1.807, 2.05) is 12.3 Å². The zero-order valence-electron chi connectivity index (χ0n) is 10.7. The number of aromatic nitrogens is 3. The third-order valence-electron chi connectivity index (χ3n) is 3.72. The van der Waals surface area contributed by atoms with Gasteiger partial charge >= 0.3 is 0 Å². The zero-order chi connectivity index (χ0) is 12.8. The first-order valence-electron chi connectivity index (χ1n) is 6.48. The lowest BCUT2D eigenvalue weighted by molar-refractivity contribution is 0.974. The van der Waals surface area contributed by atoms with Gasteiger partial charge in [0.05, 0.1) is 5.39 Å². The average Bonchev–Trinajstić information content (AvgIpc) is 3.03. The Balaban J connectivity index is 1.91. The van der Waals surface area contributed by atoms with E-state index in [1.165, 1.54) is 16.8 Å². The van der Waals surface area contributed by atoms with Crippen LogP contribution in [0, 0.1) is 6.92 Å². The van der Waals surface area contributed by atoms with E-state index in [9.17, 15) is 0 Å². The Morgan fingerprint density at radius 2 is 2.16 bits per heavy atom. The highest BCUT2D eigenvalue weighted by Crippen LogP contribution is 2.36. The molecule has 0 spiro atoms. The Kier molecular flexibility index (Phi) is 2.12. The van der Waals surface area contributed by atoms with Gasteiger partial charge in [0, 0.05) is 18.4 Å². The second kappa shape index (κ2) is 3.82. The molecular weight excluding hydrogens is 236 g/mol. The summed E-state index contributed by atoms with van der Waals surface area (Å²) in [4.78, 5) is 14.2. The van der Waals surface area contributed by atoms with E-state index >= 15 is 0 Å². The molecule has 1 aromatic carbocycles. The SMILES string of the molecule is Cc1ccc2c(c1)N(c1ncnc3[nH]ccc13)CC2. The van der Waals surface area contributed by atoms with Gasteiger partial charge in [0.15, 0.2) is 0 Å². The van der Waals surface area contributed by atoms with Gasteiger partial charge in [-0.05, 0) is 36.6 Å². The molecule has 2 aromatic heterocycles. The van der Waals surface area contributed by atoms with Crippen LogP contribution < -0.4 is 4.90 Å². The third kappa shape index (κ3) is 1.53. The minimum Gasteiger partial charge on any atom is -0.346 e. The van der Waals surface area contributed by atoms with Gasteiger partial charge < -0.3 is 9.88 Å². The summed E-state index contributed by atoms with van der Waals surface area (Å²) >= 11 is 0. The molecule has 0 aliphatic carbocycles. The quantitative estimate of drug-likeness (QED) is 0.722. The Hall–Kier alpha value is -2.36. The third-order valence-corrected chi connectivity index (χ3v) is 3.72. The lowest BCUT2D eigenvalue weighted by Crippen LogP contribution is -2.15. The molecule has 19 heavy (non-hydrogen) atoms. The fourth-order valence-electron chi connectivity index (χ4n) is 2.78. The monoisotopic (exact) mass is 250 g/mol. The fourth-order valence-corrected chi connectivity index (χ4v) is 2.78. The van der Waals surface area contributed by atoms with Crippen LogP contribution in [0.15, 0.2) is 36.8 Å². The van der Waals surface area contributed by atoms with Crippen LogP contribution in [-0.4, -0.2) is 21.5 Å². The molecule has 94 valence electrons. The first-order chi connectivity index (χ1) is 9.33. The summed E-state index contributed by atoms with van der Waals surface area (Å²) in [6.45, 7) is 3.11. The van der Waals surface area contributed by atoms with Crippen LogP contribution in [0.4, 0.5) is 11.5 Å². The van der Waals surface area contributed by atoms with Gasteiger partial charge in [-0.15, -0.1) is 0 Å². The number of benzene rings is 1. The summed E-state index contributed by atoms with van der Waals surface area (Å²) in [7, 11) is 0. The van der Waals surface area contributed by atoms with Crippen LogP contribution in [0.25, 0.3) is 11.0 Å². The van der Waals surface area contributed by atoms with Crippen LogP contribution in [0.1, 0.15) is 11.1 Å². The van der Waals surface area contributed by atoms with Crippen molar-refractivity contribution >= 4 is 22.5 Å². The smallest absolute Gasteiger partial charge is 0.145 e. The summed E-state index contributed by atoms with van der Waals surface area (Å²) in [5.74, 6) is 0.996. The number of anilines is 2. The van der Waals surface area contributed by atoms with Crippen molar-refractivity contribution in [3.63, 3.8) is 0 Å². The molecule has 1 N–H and O–H groups in total. The molecule has 1 aliphatic heterocycles. The highest BCUT2D eigenvalue weighted by atomic mass is 15.2. The molecule has 0 bridgehead atoms. The highest BCUT2D eigenvalue weighted by Gasteiger charge is 2.23. The summed E-state index contributed by atoms with van der Waals surface area (Å²) in [5, 5.41) is 1.08. The molecule has 0 atom stereocenters. The Morgan fingerprint density at radius 1 is 1.21 bits per heavy atom. The number of nitrogens with zero attached hydrogens (tertiary/aromatic N) is 3. The molecule has 4 rings (SSSR count). The number of rotatable bonds is 1. The minimum absolute atomic E-state index is 0.895. The van der Waals surface area contributed by atoms with Gasteiger partial charge in [0.2, 0.25) is 0 Å². The maximum absolute atomic E-state index is 4.48. The van der Waals surface area contributed by atoms with Crippen molar-refractivity contribution in [2.45, 2.75) is 13.3 Å². The average molecular weight is 250 g/mol. The van der Waals surface area contributed by atoms with E-state index in [0.29, 0.717) is 0 Å². The van der Waals surface area contributed by atoms with Gasteiger partial charge in [-0.25, -0.2) is 9.97 Å². The first-order valence-corrected chi connectivity index (χ1v) is 6.48. The molecule has 4 nitrogen and oxygen atoms in total. The highest BCUT2D eigenvalue weighted by molar-refractivity contribution is 5.90. The number of fused-ring (bicyclic) bond motifs is 2. The summed E-state index contributed by atoms with van der Waals surface area (Å²) in [6, 6.07) is 8.68. The number of hydrogen-bond donors (Lipinski definition) is 1. The molecule has 0 radical (unpaired) electrons. The molecule has 0 unspecified atom stereocenters. The predicted molar refractivity (Wildman–Crippen MR) is 75.8 cm³/mol. The lowest BCUT2D eigenvalue weighted by atomic mass is 10.1. The molecule has 3 heterocycles. The van der Waals surface area contributed by atoms with Crippen molar-refractivity contribution in [2.24, 2.45) is 0 Å². The van der Waals surface area contributed by atoms with Crippen LogP contribution >= 0.6 is 0 Å². The molecular formula is C15H14N4. The topological polar surface area (TPSA) is 44.8 Å². The number of H-pyrrole nitrogens is 1. The molecule has 4 heteroatoms. The second-order valence-corrected chi connectivity index (χ2v) is 4.97. The standard InChI is InChI=1S/C15H14N4/c1-10-2-3-11-5-7-19(13(11)8-10)15-12-4-6-16-14(12)17-9-18-15/h2-4,6,8-9H,5,7H2,1H3,(H,16,17,18). The molecule has 0 saturated heterocycles. The van der Waals surface area contributed by atoms with Gasteiger partial charge in [0.1, 0.15) is 17.8 Å². The molecule has 0 amide bonds. The first kappa shape index (κ1) is 10.6. The Bertz CT molecular complexity index is 760. The van der Waals surface area contributed by atoms with E-state index < -0.39 is 0 Å². The van der Waals surface area contributed by atoms with E-state index in [0.717, 1.165) is 29.8 Å². The molecule has 3 aromatic rings. The van der Waals surface area contributed by atoms with Gasteiger partial charge in [-0.1, -0.05) is 12.1 Å². The Morgan fingerprint density at radius 3 is 3.11 bits per heavy atom. The maximum atomic E-state index is 4.48. The van der Waals surface area contributed by atoms with Gasteiger partial charge in [0.25, 0.3) is 0 Å². The number of hydrogen-bond acceptors (Lipinski definition) is 3. The van der Waals surface area contributed by atoms with Crippen LogP contribution in [0.3, 0.4) is 0 Å². The van der Waals surface area contributed by atoms with Crippen molar-refractivity contribution < 1.29 is 0 Å². The summed E-state index contributed by atoms with van der Waals surface area (Å²) < 4.78 is 0. The summed E-state index contributed by atoms with van der Waals surface area (Å²) in [5.41, 5.74) is 4.85. The van der Waals surface area contributed by atoms with E-state index in [4.69, 9.17) is 0 Å². The van der Waals surface area contributed by atoms with Gasteiger partial charge in [-0.2, -0.15) is 0 Å². The van der Waals surface area contributed by atoms with Crippen molar-refractivity contribution in [2.75, 3.05) is 11.4 Å². The number of aryl methyl sites for hydroxylation is 1. The van der Waals surface area contributed by atoms with E-state index in [1.54, 1.807) is 6.33 Å². The molecule has 1 aliphatic rings. The van der Waals surface area contributed by atoms with Crippen LogP contribution in [0.2, 0.25) is 0 Å². The normalized spacial score (nSPS) is 14.1.